The molecule has 2 aromatic carbocycles. The van der Waals surface area contributed by atoms with Crippen molar-refractivity contribution in [3.05, 3.63) is 66.2 Å². The third kappa shape index (κ3) is 4.99. The summed E-state index contributed by atoms with van der Waals surface area (Å²) in [6.07, 6.45) is 9.06. The second-order valence-corrected chi connectivity index (χ2v) is 9.53. The number of benzene rings is 2. The molecule has 1 heterocycles. The fourth-order valence-corrected chi connectivity index (χ4v) is 5.92. The van der Waals surface area contributed by atoms with E-state index < -0.39 is 0 Å². The van der Waals surface area contributed by atoms with E-state index in [4.69, 9.17) is 4.98 Å². The van der Waals surface area contributed by atoms with Gasteiger partial charge in [-0.1, -0.05) is 37.1 Å². The monoisotopic (exact) mass is 607 g/mol. The van der Waals surface area contributed by atoms with Crippen molar-refractivity contribution in [1.29, 1.82) is 0 Å². The zero-order valence-corrected chi connectivity index (χ0v) is 20.8. The van der Waals surface area contributed by atoms with Crippen LogP contribution in [-0.4, -0.2) is 27.4 Å². The van der Waals surface area contributed by atoms with Crippen molar-refractivity contribution in [1.82, 2.24) is 4.98 Å². The van der Waals surface area contributed by atoms with Crippen LogP contribution in [0.1, 0.15) is 62.8 Å². The van der Waals surface area contributed by atoms with E-state index in [9.17, 15) is 10.2 Å². The van der Waals surface area contributed by atoms with E-state index in [1.54, 1.807) is 0 Å². The second kappa shape index (κ2) is 10.6. The number of nitrogens with zero attached hydrogens (tertiary/aromatic N) is 1. The van der Waals surface area contributed by atoms with E-state index in [0.29, 0.717) is 5.92 Å². The van der Waals surface area contributed by atoms with Gasteiger partial charge in [-0.3, -0.25) is 4.98 Å². The Hall–Kier alpha value is -1.58. The van der Waals surface area contributed by atoms with Crippen molar-refractivity contribution in [2.45, 2.75) is 69.5 Å². The topological polar surface area (TPSA) is 53.4 Å². The van der Waals surface area contributed by atoms with Crippen LogP contribution in [-0.2, 0) is 20.1 Å². The number of aromatic nitrogens is 1. The Labute approximate surface area is 204 Å². The number of fused-ring (bicyclic) bond motifs is 2. The van der Waals surface area contributed by atoms with E-state index in [1.165, 1.54) is 36.6 Å². The quantitative estimate of drug-likeness (QED) is 0.358. The molecule has 6 rings (SSSR count). The van der Waals surface area contributed by atoms with Gasteiger partial charge in [-0.05, 0) is 73.1 Å². The average Bonchev–Trinajstić information content (AvgIpc) is 3.55. The molecule has 171 valence electrons. The van der Waals surface area contributed by atoms with Crippen molar-refractivity contribution in [2.24, 2.45) is 11.8 Å². The molecule has 0 aliphatic heterocycles. The molecule has 0 amide bonds. The Morgan fingerprint density at radius 2 is 1.53 bits per heavy atom. The Morgan fingerprint density at radius 3 is 2.19 bits per heavy atom. The number of rotatable bonds is 2. The predicted octanol–water partition coefficient (Wildman–Crippen LogP) is 5.89. The summed E-state index contributed by atoms with van der Waals surface area (Å²) in [6.45, 7) is 0. The SMILES string of the molecule is OC1CCC2CCC(O)C12.[Ir].[c-]1ccccc1-c1ccc2ccc(C3CCCC3)cc2n1. The summed E-state index contributed by atoms with van der Waals surface area (Å²) >= 11 is 0. The minimum Gasteiger partial charge on any atom is -0.393 e. The second-order valence-electron chi connectivity index (χ2n) is 9.53. The minimum absolute atomic E-state index is 0. The zero-order chi connectivity index (χ0) is 21.2. The zero-order valence-electron chi connectivity index (χ0n) is 18.4. The fourth-order valence-electron chi connectivity index (χ4n) is 5.92. The van der Waals surface area contributed by atoms with Crippen LogP contribution in [0.4, 0.5) is 0 Å². The first-order valence-electron chi connectivity index (χ1n) is 11.9. The van der Waals surface area contributed by atoms with Crippen molar-refractivity contribution in [3.8, 4) is 11.3 Å². The third-order valence-corrected chi connectivity index (χ3v) is 7.63. The van der Waals surface area contributed by atoms with Gasteiger partial charge in [0.1, 0.15) is 0 Å². The maximum Gasteiger partial charge on any atom is 0.0598 e. The maximum atomic E-state index is 9.41. The van der Waals surface area contributed by atoms with Crippen LogP contribution in [0.15, 0.2) is 54.6 Å². The van der Waals surface area contributed by atoms with Crippen LogP contribution in [0.5, 0.6) is 0 Å². The Morgan fingerprint density at radius 1 is 0.812 bits per heavy atom. The molecule has 3 aliphatic rings. The summed E-state index contributed by atoms with van der Waals surface area (Å²) in [6, 6.07) is 22.3. The van der Waals surface area contributed by atoms with Gasteiger partial charge in [0.2, 0.25) is 0 Å². The molecule has 2 N–H and O–H groups in total. The van der Waals surface area contributed by atoms with Gasteiger partial charge in [0.15, 0.2) is 0 Å². The van der Waals surface area contributed by atoms with Gasteiger partial charge < -0.3 is 10.2 Å². The van der Waals surface area contributed by atoms with E-state index in [0.717, 1.165) is 48.4 Å². The minimum atomic E-state index is -0.206. The van der Waals surface area contributed by atoms with Gasteiger partial charge in [0.25, 0.3) is 0 Å². The largest absolute Gasteiger partial charge is 0.393 e. The fraction of sp³-hybridized carbons (Fsp3) is 0.464. The Bertz CT molecular complexity index is 1000. The average molecular weight is 607 g/mol. The van der Waals surface area contributed by atoms with E-state index in [2.05, 4.69) is 42.5 Å². The molecule has 3 saturated carbocycles. The summed E-state index contributed by atoms with van der Waals surface area (Å²) in [5.41, 5.74) is 4.63. The van der Waals surface area contributed by atoms with Gasteiger partial charge in [-0.2, -0.15) is 0 Å². The van der Waals surface area contributed by atoms with Gasteiger partial charge in [-0.25, -0.2) is 0 Å². The molecule has 3 aliphatic carbocycles. The number of hydrogen-bond acceptors (Lipinski definition) is 3. The summed E-state index contributed by atoms with van der Waals surface area (Å²) in [7, 11) is 0. The molecule has 2 unspecified atom stereocenters. The number of pyridine rings is 1. The number of aliphatic hydroxyl groups is 2. The van der Waals surface area contributed by atoms with Gasteiger partial charge in [0.05, 0.1) is 17.7 Å². The van der Waals surface area contributed by atoms with Gasteiger partial charge in [-0.15, -0.1) is 35.9 Å². The predicted molar refractivity (Wildman–Crippen MR) is 125 cm³/mol. The molecule has 3 fully saturated rings. The first-order chi connectivity index (χ1) is 15.2. The van der Waals surface area contributed by atoms with Gasteiger partial charge in [0, 0.05) is 26.0 Å². The summed E-state index contributed by atoms with van der Waals surface area (Å²) < 4.78 is 0. The van der Waals surface area contributed by atoms with Crippen molar-refractivity contribution in [2.75, 3.05) is 0 Å². The Kier molecular flexibility index (Phi) is 7.78. The van der Waals surface area contributed by atoms with Crippen LogP contribution in [0.2, 0.25) is 0 Å². The number of aliphatic hydroxyl groups excluding tert-OH is 2. The molecule has 32 heavy (non-hydrogen) atoms. The molecule has 0 saturated heterocycles. The van der Waals surface area contributed by atoms with Crippen LogP contribution >= 0.6 is 0 Å². The van der Waals surface area contributed by atoms with Crippen LogP contribution in [0.3, 0.4) is 0 Å². The van der Waals surface area contributed by atoms with E-state index in [1.807, 2.05) is 18.2 Å². The molecule has 2 atom stereocenters. The van der Waals surface area contributed by atoms with Gasteiger partial charge >= 0.3 is 0 Å². The van der Waals surface area contributed by atoms with Crippen molar-refractivity contribution >= 4 is 10.9 Å². The summed E-state index contributed by atoms with van der Waals surface area (Å²) in [5, 5.41) is 20.0. The first-order valence-corrected chi connectivity index (χ1v) is 11.9. The molecule has 3 nitrogen and oxygen atoms in total. The standard InChI is InChI=1S/C20H18N.C8H14O2.Ir/c1-2-8-16(9-3-1)19-13-12-17-10-11-18(14-20(17)21-19)15-6-4-5-7-15;9-6-3-1-5-2-4-7(10)8(5)6;/h1-3,8,10-15H,4-7H2;5-10H,1-4H2;/q-1;;. The Balaban J connectivity index is 0.000000188. The summed E-state index contributed by atoms with van der Waals surface area (Å²) in [5.74, 6) is 1.59. The van der Waals surface area contributed by atoms with Crippen molar-refractivity contribution in [3.63, 3.8) is 0 Å². The molecule has 1 radical (unpaired) electrons. The third-order valence-electron chi connectivity index (χ3n) is 7.63. The smallest absolute Gasteiger partial charge is 0.0598 e. The molecule has 0 bridgehead atoms. The molecular formula is C28H32IrNO2-. The number of hydrogen-bond donors (Lipinski definition) is 2. The van der Waals surface area contributed by atoms with E-state index >= 15 is 0 Å². The summed E-state index contributed by atoms with van der Waals surface area (Å²) in [4.78, 5) is 4.85. The van der Waals surface area contributed by atoms with Crippen LogP contribution in [0, 0.1) is 17.9 Å². The maximum absolute atomic E-state index is 9.41. The molecule has 1 aromatic heterocycles. The molecule has 4 heteroatoms. The molecular weight excluding hydrogens is 575 g/mol. The van der Waals surface area contributed by atoms with Crippen molar-refractivity contribution < 1.29 is 30.3 Å². The van der Waals surface area contributed by atoms with Crippen LogP contribution < -0.4 is 0 Å². The molecule has 0 spiro atoms. The first kappa shape index (κ1) is 23.6. The van der Waals surface area contributed by atoms with Crippen LogP contribution in [0.25, 0.3) is 22.2 Å². The molecule has 3 aromatic rings. The van der Waals surface area contributed by atoms with E-state index in [-0.39, 0.29) is 38.2 Å². The normalized spacial score (nSPS) is 26.9.